The quantitative estimate of drug-likeness (QED) is 0.153. The first-order chi connectivity index (χ1) is 24.1. The molecule has 0 atom stereocenters. The number of hydrogen-bond donors (Lipinski definition) is 0. The predicted octanol–water partition coefficient (Wildman–Crippen LogP) is 9.55. The van der Waals surface area contributed by atoms with Gasteiger partial charge in [0.15, 0.2) is 0 Å². The lowest BCUT2D eigenvalue weighted by atomic mass is 9.96. The van der Waals surface area contributed by atoms with Crippen LogP contribution in [-0.2, 0) is 25.7 Å². The van der Waals surface area contributed by atoms with Crippen molar-refractivity contribution < 1.29 is 0 Å². The van der Waals surface area contributed by atoms with E-state index in [0.29, 0.717) is 0 Å². The third kappa shape index (κ3) is 6.55. The van der Waals surface area contributed by atoms with Crippen LogP contribution in [0.3, 0.4) is 0 Å². The summed E-state index contributed by atoms with van der Waals surface area (Å²) in [5, 5.41) is 9.23. The molecule has 0 N–H and O–H groups in total. The molecule has 0 radical (unpaired) electrons. The smallest absolute Gasteiger partial charge is 0.00924 e. The summed E-state index contributed by atoms with van der Waals surface area (Å²) in [6.07, 6.45) is 4.14. The Kier molecular flexibility index (Phi) is 9.99. The Balaban J connectivity index is 1.39. The Morgan fingerprint density at radius 2 is 0.580 bits per heavy atom. The Hall–Kier alpha value is -3.82. The van der Waals surface area contributed by atoms with Crippen molar-refractivity contribution in [3.8, 4) is 0 Å². The Bertz CT molecular complexity index is 1880. The molecule has 0 saturated carbocycles. The summed E-state index contributed by atoms with van der Waals surface area (Å²) in [6, 6.07) is 42.5. The molecular formula is C48H50P2. The van der Waals surface area contributed by atoms with Gasteiger partial charge in [0.05, 0.1) is 0 Å². The molecular weight excluding hydrogens is 638 g/mol. The minimum atomic E-state index is -0.728. The van der Waals surface area contributed by atoms with E-state index in [-0.39, 0.29) is 0 Å². The maximum absolute atomic E-state index is 2.62. The molecule has 0 spiro atoms. The van der Waals surface area contributed by atoms with Crippen LogP contribution in [0.2, 0.25) is 0 Å². The molecule has 4 aliphatic carbocycles. The second-order valence-electron chi connectivity index (χ2n) is 14.6. The maximum Gasteiger partial charge on any atom is -0.00924 e. The lowest BCUT2D eigenvalue weighted by Gasteiger charge is -2.30. The molecule has 0 unspecified atom stereocenters. The van der Waals surface area contributed by atoms with Crippen molar-refractivity contribution in [3.63, 3.8) is 0 Å². The van der Waals surface area contributed by atoms with Crippen molar-refractivity contribution in [1.82, 2.24) is 0 Å². The summed E-state index contributed by atoms with van der Waals surface area (Å²) >= 11 is 0. The molecule has 50 heavy (non-hydrogen) atoms. The second kappa shape index (κ2) is 14.4. The third-order valence-electron chi connectivity index (χ3n) is 10.8. The second-order valence-corrected chi connectivity index (χ2v) is 18.7. The summed E-state index contributed by atoms with van der Waals surface area (Å²) in [5.41, 5.74) is 17.1. The first kappa shape index (κ1) is 34.6. The molecule has 10 rings (SSSR count). The molecule has 6 aromatic rings. The fourth-order valence-corrected chi connectivity index (χ4v) is 14.6. The molecule has 0 saturated heterocycles. The zero-order chi connectivity index (χ0) is 35.1. The van der Waals surface area contributed by atoms with Crippen LogP contribution < -0.4 is 31.8 Å². The maximum atomic E-state index is 2.62. The van der Waals surface area contributed by atoms with Crippen LogP contribution in [0.1, 0.15) is 66.8 Å². The van der Waals surface area contributed by atoms with E-state index in [2.05, 4.69) is 165 Å². The summed E-state index contributed by atoms with van der Waals surface area (Å²) in [6.45, 7) is 18.6. The van der Waals surface area contributed by atoms with Crippen LogP contribution in [0.5, 0.6) is 0 Å². The first-order valence-corrected chi connectivity index (χ1v) is 20.9. The molecule has 0 fully saturated rings. The molecule has 2 heteroatoms. The lowest BCUT2D eigenvalue weighted by molar-refractivity contribution is 0.932. The molecule has 4 aliphatic rings. The molecule has 6 aromatic carbocycles. The van der Waals surface area contributed by atoms with E-state index in [1.807, 2.05) is 0 Å². The number of aryl methyl sites for hydroxylation is 12. The molecule has 0 nitrogen and oxygen atoms in total. The van der Waals surface area contributed by atoms with Gasteiger partial charge in [-0.25, -0.2) is 0 Å². The summed E-state index contributed by atoms with van der Waals surface area (Å²) in [7, 11) is -1.46. The van der Waals surface area contributed by atoms with Gasteiger partial charge in [0, 0.05) is 0 Å². The normalized spacial score (nSPS) is 12.8. The van der Waals surface area contributed by atoms with Crippen LogP contribution >= 0.6 is 15.8 Å². The van der Waals surface area contributed by atoms with Gasteiger partial charge in [-0.1, -0.05) is 109 Å². The van der Waals surface area contributed by atoms with Crippen molar-refractivity contribution in [2.24, 2.45) is 0 Å². The van der Waals surface area contributed by atoms with Gasteiger partial charge in [-0.05, 0) is 196 Å². The topological polar surface area (TPSA) is 0 Å². The van der Waals surface area contributed by atoms with Gasteiger partial charge in [0.2, 0.25) is 0 Å². The Morgan fingerprint density at radius 3 is 0.840 bits per heavy atom. The average Bonchev–Trinajstić information content (AvgIpc) is 3.07. The molecule has 4 bridgehead atoms. The first-order valence-electron chi connectivity index (χ1n) is 18.2. The number of rotatable bonds is 6. The zero-order valence-corrected chi connectivity index (χ0v) is 32.9. The van der Waals surface area contributed by atoms with Crippen molar-refractivity contribution in [2.75, 3.05) is 0 Å². The molecule has 252 valence electrons. The highest BCUT2D eigenvalue weighted by molar-refractivity contribution is 7.80. The van der Waals surface area contributed by atoms with E-state index >= 15 is 0 Å². The Morgan fingerprint density at radius 1 is 0.320 bits per heavy atom. The van der Waals surface area contributed by atoms with E-state index in [9.17, 15) is 0 Å². The van der Waals surface area contributed by atoms with Crippen molar-refractivity contribution >= 4 is 47.7 Å². The van der Waals surface area contributed by atoms with E-state index in [0.717, 1.165) is 25.7 Å². The van der Waals surface area contributed by atoms with Crippen LogP contribution in [0.15, 0.2) is 109 Å². The highest BCUT2D eigenvalue weighted by Crippen LogP contribution is 2.42. The number of benzene rings is 6. The minimum absolute atomic E-state index is 0.728. The van der Waals surface area contributed by atoms with Crippen LogP contribution in [0.4, 0.5) is 0 Å². The van der Waals surface area contributed by atoms with Gasteiger partial charge in [-0.15, -0.1) is 0 Å². The standard InChI is InChI=1S/C48H50P2/c1-31-13-9-14-32(2)45(31)49(46-33(3)15-10-16-34(46)4)43-29-39-21-25-41(43)27-23-40-22-26-42(28-24-39)44(30-40)50(47-35(5)17-11-18-36(47)6)48-37(7)19-12-20-38(48)8/h9-22,25-26,29-30H,23-24,27-28H2,1-8H3. The SMILES string of the molecule is Cc1cccc(C)c1P(c1cc2ccc1CCc1ccc(c(P(c3c(C)cccc3C)c3c(C)cccc3C)c1)CC2)c1c(C)cccc1C. The predicted molar refractivity (Wildman–Crippen MR) is 223 cm³/mol. The van der Waals surface area contributed by atoms with Crippen molar-refractivity contribution in [2.45, 2.75) is 81.1 Å². The van der Waals surface area contributed by atoms with Gasteiger partial charge in [0.1, 0.15) is 0 Å². The fourth-order valence-electron chi connectivity index (χ4n) is 8.27. The van der Waals surface area contributed by atoms with E-state index in [1.165, 1.54) is 88.0 Å². The third-order valence-corrected chi connectivity index (χ3v) is 17.2. The molecule has 0 heterocycles. The summed E-state index contributed by atoms with van der Waals surface area (Å²) in [5.74, 6) is 0. The lowest BCUT2D eigenvalue weighted by Crippen LogP contribution is -2.30. The van der Waals surface area contributed by atoms with Gasteiger partial charge in [-0.3, -0.25) is 0 Å². The molecule has 0 amide bonds. The van der Waals surface area contributed by atoms with Crippen molar-refractivity contribution in [3.05, 3.63) is 176 Å². The monoisotopic (exact) mass is 688 g/mol. The highest BCUT2D eigenvalue weighted by Gasteiger charge is 2.28. The minimum Gasteiger partial charge on any atom is -0.0617 e. The highest BCUT2D eigenvalue weighted by atomic mass is 31.1. The molecule has 0 aliphatic heterocycles. The van der Waals surface area contributed by atoms with Crippen LogP contribution in [-0.4, -0.2) is 0 Å². The zero-order valence-electron chi connectivity index (χ0n) is 31.1. The van der Waals surface area contributed by atoms with Crippen molar-refractivity contribution in [1.29, 1.82) is 0 Å². The summed E-state index contributed by atoms with van der Waals surface area (Å²) in [4.78, 5) is 0. The number of hydrogen-bond acceptors (Lipinski definition) is 0. The largest absolute Gasteiger partial charge is 0.0617 e. The van der Waals surface area contributed by atoms with Gasteiger partial charge >= 0.3 is 0 Å². The van der Waals surface area contributed by atoms with E-state index < -0.39 is 15.8 Å². The van der Waals surface area contributed by atoms with Gasteiger partial charge in [-0.2, -0.15) is 0 Å². The Labute approximate surface area is 303 Å². The van der Waals surface area contributed by atoms with Crippen LogP contribution in [0.25, 0.3) is 0 Å². The average molecular weight is 689 g/mol. The van der Waals surface area contributed by atoms with Crippen LogP contribution in [0, 0.1) is 55.4 Å². The molecule has 0 aromatic heterocycles. The van der Waals surface area contributed by atoms with E-state index in [4.69, 9.17) is 0 Å². The fraction of sp³-hybridized carbons (Fsp3) is 0.250. The summed E-state index contributed by atoms with van der Waals surface area (Å²) < 4.78 is 0. The van der Waals surface area contributed by atoms with Gasteiger partial charge in [0.25, 0.3) is 0 Å². The van der Waals surface area contributed by atoms with E-state index in [1.54, 1.807) is 10.6 Å². The van der Waals surface area contributed by atoms with Gasteiger partial charge < -0.3 is 0 Å².